The third-order valence-corrected chi connectivity index (χ3v) is 5.71. The van der Waals surface area contributed by atoms with Crippen LogP contribution in [0.5, 0.6) is 0 Å². The summed E-state index contributed by atoms with van der Waals surface area (Å²) in [5.74, 6) is 0. The third-order valence-electron chi connectivity index (χ3n) is 5.41. The van der Waals surface area contributed by atoms with E-state index in [9.17, 15) is 5.11 Å². The molecule has 1 aliphatic heterocycles. The van der Waals surface area contributed by atoms with Gasteiger partial charge in [-0.15, -0.1) is 0 Å². The average Bonchev–Trinajstić information content (AvgIpc) is 2.87. The van der Waals surface area contributed by atoms with E-state index in [1.54, 1.807) is 6.20 Å². The minimum absolute atomic E-state index is 0.360. The molecule has 0 radical (unpaired) electrons. The number of fused-ring (bicyclic) bond motifs is 3. The van der Waals surface area contributed by atoms with Crippen molar-refractivity contribution in [3.8, 4) is 0 Å². The Bertz CT molecular complexity index is 977. The topological polar surface area (TPSA) is 41.3 Å². The Labute approximate surface area is 159 Å². The molecule has 136 valence electrons. The molecule has 0 fully saturated rings. The van der Waals surface area contributed by atoms with Crippen LogP contribution in [0, 0.1) is 6.92 Å². The number of halogens is 1. The van der Waals surface area contributed by atoms with Crippen LogP contribution in [0.2, 0.25) is 5.15 Å². The summed E-state index contributed by atoms with van der Waals surface area (Å²) >= 11 is 6.26. The lowest BCUT2D eigenvalue weighted by molar-refractivity contribution is 0.0383. The van der Waals surface area contributed by atoms with Gasteiger partial charge in [0, 0.05) is 47.9 Å². The van der Waals surface area contributed by atoms with Gasteiger partial charge in [-0.05, 0) is 44.7 Å². The van der Waals surface area contributed by atoms with Crippen LogP contribution >= 0.6 is 11.6 Å². The largest absolute Gasteiger partial charge is 0.383 e. The van der Waals surface area contributed by atoms with Crippen LogP contribution < -0.4 is 0 Å². The van der Waals surface area contributed by atoms with Gasteiger partial charge in [0.05, 0.1) is 6.54 Å². The summed E-state index contributed by atoms with van der Waals surface area (Å²) in [6, 6.07) is 10.2. The van der Waals surface area contributed by atoms with E-state index in [0.717, 1.165) is 19.5 Å². The summed E-state index contributed by atoms with van der Waals surface area (Å²) < 4.78 is 2.28. The summed E-state index contributed by atoms with van der Waals surface area (Å²) in [5, 5.41) is 12.9. The lowest BCUT2D eigenvalue weighted by atomic mass is 9.97. The van der Waals surface area contributed by atoms with Gasteiger partial charge >= 0.3 is 0 Å². The van der Waals surface area contributed by atoms with E-state index in [2.05, 4.69) is 46.6 Å². The number of benzene rings is 1. The number of nitrogens with zero attached hydrogens (tertiary/aromatic N) is 3. The molecule has 26 heavy (non-hydrogen) atoms. The quantitative estimate of drug-likeness (QED) is 0.712. The SMILES string of the molecule is Cc1ccc2c(c1)c1c(n2CC(C)(O)c2cccnc2Cl)CCN(C)C1. The first-order valence-electron chi connectivity index (χ1n) is 8.99. The molecule has 3 aromatic rings. The highest BCUT2D eigenvalue weighted by atomic mass is 35.5. The van der Waals surface area contributed by atoms with E-state index in [-0.39, 0.29) is 0 Å². The standard InChI is InChI=1S/C21H24ClN3O/c1-14-6-7-18-15(11-14)16-12-24(3)10-8-19(16)25(18)13-21(2,26)17-5-4-9-23-20(17)22/h4-7,9,11,26H,8,10,12-13H2,1-3H3. The smallest absolute Gasteiger partial charge is 0.135 e. The Morgan fingerprint density at radius 2 is 2.12 bits per heavy atom. The van der Waals surface area contributed by atoms with Gasteiger partial charge in [0.25, 0.3) is 0 Å². The summed E-state index contributed by atoms with van der Waals surface area (Å²) in [7, 11) is 2.16. The predicted octanol–water partition coefficient (Wildman–Crippen LogP) is 3.89. The van der Waals surface area contributed by atoms with E-state index in [4.69, 9.17) is 11.6 Å². The first-order chi connectivity index (χ1) is 12.4. The molecule has 1 atom stereocenters. The first kappa shape index (κ1) is 17.5. The molecule has 0 saturated heterocycles. The van der Waals surface area contributed by atoms with Crippen molar-refractivity contribution in [2.24, 2.45) is 0 Å². The second-order valence-corrected chi connectivity index (χ2v) is 7.99. The van der Waals surface area contributed by atoms with Gasteiger partial charge in [0.1, 0.15) is 10.8 Å². The summed E-state index contributed by atoms with van der Waals surface area (Å²) in [6.45, 7) is 6.37. The van der Waals surface area contributed by atoms with Crippen LogP contribution in [0.1, 0.15) is 29.3 Å². The highest BCUT2D eigenvalue weighted by Gasteiger charge is 2.30. The number of pyridine rings is 1. The van der Waals surface area contributed by atoms with Gasteiger partial charge in [0.15, 0.2) is 0 Å². The molecule has 0 bridgehead atoms. The molecule has 4 rings (SSSR count). The molecule has 1 aliphatic rings. The molecular weight excluding hydrogens is 346 g/mol. The van der Waals surface area contributed by atoms with E-state index in [1.165, 1.54) is 27.7 Å². The second-order valence-electron chi connectivity index (χ2n) is 7.64. The minimum Gasteiger partial charge on any atom is -0.383 e. The summed E-state index contributed by atoms with van der Waals surface area (Å²) in [6.07, 6.45) is 2.63. The molecule has 1 N–H and O–H groups in total. The third kappa shape index (κ3) is 2.92. The van der Waals surface area contributed by atoms with E-state index >= 15 is 0 Å². The molecule has 5 heteroatoms. The Hall–Kier alpha value is -1.88. The molecule has 2 aromatic heterocycles. The van der Waals surface area contributed by atoms with E-state index < -0.39 is 5.60 Å². The lowest BCUT2D eigenvalue weighted by Gasteiger charge is -2.29. The van der Waals surface area contributed by atoms with E-state index in [1.807, 2.05) is 19.1 Å². The number of likely N-dealkylation sites (N-methyl/N-ethyl adjacent to an activating group) is 1. The summed E-state index contributed by atoms with van der Waals surface area (Å²) in [4.78, 5) is 6.49. The maximum absolute atomic E-state index is 11.3. The zero-order valence-electron chi connectivity index (χ0n) is 15.5. The van der Waals surface area contributed by atoms with Gasteiger partial charge < -0.3 is 14.6 Å². The van der Waals surface area contributed by atoms with Gasteiger partial charge in [-0.1, -0.05) is 29.3 Å². The molecule has 1 unspecified atom stereocenters. The zero-order valence-corrected chi connectivity index (χ0v) is 16.2. The molecule has 0 saturated carbocycles. The number of aliphatic hydroxyl groups is 1. The molecule has 3 heterocycles. The number of hydrogen-bond donors (Lipinski definition) is 1. The van der Waals surface area contributed by atoms with Gasteiger partial charge in [-0.25, -0.2) is 4.98 Å². The number of aryl methyl sites for hydroxylation is 1. The molecule has 0 aliphatic carbocycles. The van der Waals surface area contributed by atoms with Crippen molar-refractivity contribution < 1.29 is 5.11 Å². The number of rotatable bonds is 3. The highest BCUT2D eigenvalue weighted by molar-refractivity contribution is 6.30. The maximum atomic E-state index is 11.3. The van der Waals surface area contributed by atoms with Crippen LogP contribution in [-0.4, -0.2) is 33.1 Å². The van der Waals surface area contributed by atoms with Crippen LogP contribution in [0.15, 0.2) is 36.5 Å². The van der Waals surface area contributed by atoms with Crippen molar-refractivity contribution >= 4 is 22.5 Å². The Kier molecular flexibility index (Phi) is 4.30. The van der Waals surface area contributed by atoms with Crippen molar-refractivity contribution in [2.75, 3.05) is 13.6 Å². The fraction of sp³-hybridized carbons (Fsp3) is 0.381. The van der Waals surface area contributed by atoms with Crippen molar-refractivity contribution in [1.82, 2.24) is 14.5 Å². The van der Waals surface area contributed by atoms with Crippen molar-refractivity contribution in [3.05, 3.63) is 64.1 Å². The molecule has 4 nitrogen and oxygen atoms in total. The van der Waals surface area contributed by atoms with Crippen molar-refractivity contribution in [3.63, 3.8) is 0 Å². The highest BCUT2D eigenvalue weighted by Crippen LogP contribution is 2.35. The molecule has 0 spiro atoms. The summed E-state index contributed by atoms with van der Waals surface area (Å²) in [5.41, 5.74) is 4.70. The Balaban J connectivity index is 1.86. The monoisotopic (exact) mass is 369 g/mol. The van der Waals surface area contributed by atoms with Crippen LogP contribution in [0.3, 0.4) is 0 Å². The van der Waals surface area contributed by atoms with E-state index in [0.29, 0.717) is 17.3 Å². The Morgan fingerprint density at radius 3 is 2.88 bits per heavy atom. The fourth-order valence-corrected chi connectivity index (χ4v) is 4.38. The van der Waals surface area contributed by atoms with Crippen LogP contribution in [0.4, 0.5) is 0 Å². The zero-order chi connectivity index (χ0) is 18.5. The molecular formula is C21H24ClN3O. The van der Waals surface area contributed by atoms with Gasteiger partial charge in [-0.3, -0.25) is 0 Å². The average molecular weight is 370 g/mol. The molecule has 1 aromatic carbocycles. The first-order valence-corrected chi connectivity index (χ1v) is 9.37. The molecule has 0 amide bonds. The van der Waals surface area contributed by atoms with Gasteiger partial charge in [0.2, 0.25) is 0 Å². The second kappa shape index (κ2) is 6.38. The lowest BCUT2D eigenvalue weighted by Crippen LogP contribution is -2.32. The minimum atomic E-state index is -1.10. The van der Waals surface area contributed by atoms with Crippen molar-refractivity contribution in [1.29, 1.82) is 0 Å². The van der Waals surface area contributed by atoms with Crippen molar-refractivity contribution in [2.45, 2.75) is 39.0 Å². The van der Waals surface area contributed by atoms with Crippen LogP contribution in [-0.2, 0) is 25.1 Å². The Morgan fingerprint density at radius 1 is 1.31 bits per heavy atom. The predicted molar refractivity (Wildman–Crippen MR) is 106 cm³/mol. The normalized spacial score (nSPS) is 17.3. The van der Waals surface area contributed by atoms with Gasteiger partial charge in [-0.2, -0.15) is 0 Å². The fourth-order valence-electron chi connectivity index (χ4n) is 4.06. The number of hydrogen-bond acceptors (Lipinski definition) is 3. The number of aromatic nitrogens is 2. The van der Waals surface area contributed by atoms with Crippen LogP contribution in [0.25, 0.3) is 10.9 Å². The maximum Gasteiger partial charge on any atom is 0.135 e.